The van der Waals surface area contributed by atoms with Crippen LogP contribution in [-0.4, -0.2) is 25.2 Å². The first-order valence-electron chi connectivity index (χ1n) is 7.08. The first-order chi connectivity index (χ1) is 9.42. The van der Waals surface area contributed by atoms with E-state index in [9.17, 15) is 13.2 Å². The number of rotatable bonds is 3. The first-order valence-corrected chi connectivity index (χ1v) is 7.08. The average molecular weight is 286 g/mol. The number of nitrogens with zero attached hydrogens (tertiary/aromatic N) is 1. The summed E-state index contributed by atoms with van der Waals surface area (Å²) < 4.78 is 39.4. The summed E-state index contributed by atoms with van der Waals surface area (Å²) in [5, 5.41) is 3.47. The second-order valence-corrected chi connectivity index (χ2v) is 5.35. The molecule has 1 aliphatic heterocycles. The molecule has 1 saturated heterocycles. The van der Waals surface area contributed by atoms with Crippen LogP contribution >= 0.6 is 0 Å². The fraction of sp³-hybridized carbons (Fsp3) is 0.600. The Bertz CT molecular complexity index is 453. The highest BCUT2D eigenvalue weighted by molar-refractivity contribution is 5.55. The van der Waals surface area contributed by atoms with E-state index in [0.717, 1.165) is 18.9 Å². The lowest BCUT2D eigenvalue weighted by molar-refractivity contribution is -0.137. The molecule has 0 amide bonds. The monoisotopic (exact) mass is 286 g/mol. The molecule has 0 spiro atoms. The molecule has 5 heteroatoms. The number of benzene rings is 1. The summed E-state index contributed by atoms with van der Waals surface area (Å²) in [6, 6.07) is 5.86. The average Bonchev–Trinajstić information content (AvgIpc) is 2.46. The Kier molecular flexibility index (Phi) is 4.28. The van der Waals surface area contributed by atoms with E-state index in [-0.39, 0.29) is 5.54 Å². The van der Waals surface area contributed by atoms with E-state index in [2.05, 4.69) is 19.2 Å². The molecular formula is C15H21F3N2. The van der Waals surface area contributed by atoms with Crippen LogP contribution in [0.3, 0.4) is 0 Å². The second-order valence-electron chi connectivity index (χ2n) is 5.35. The minimum atomic E-state index is -4.30. The molecular weight excluding hydrogens is 265 g/mol. The van der Waals surface area contributed by atoms with E-state index in [0.29, 0.717) is 25.3 Å². The molecule has 20 heavy (non-hydrogen) atoms. The van der Waals surface area contributed by atoms with Crippen LogP contribution in [0.1, 0.15) is 32.3 Å². The molecule has 0 aromatic heterocycles. The van der Waals surface area contributed by atoms with E-state index < -0.39 is 11.7 Å². The number of anilines is 1. The topological polar surface area (TPSA) is 15.3 Å². The molecule has 1 heterocycles. The van der Waals surface area contributed by atoms with Crippen molar-refractivity contribution < 1.29 is 13.2 Å². The number of hydrogen-bond donors (Lipinski definition) is 1. The fourth-order valence-corrected chi connectivity index (χ4v) is 2.87. The number of para-hydroxylation sites is 1. The lowest BCUT2D eigenvalue weighted by Crippen LogP contribution is -2.60. The molecule has 1 N–H and O–H groups in total. The van der Waals surface area contributed by atoms with Gasteiger partial charge in [-0.3, -0.25) is 0 Å². The van der Waals surface area contributed by atoms with Crippen molar-refractivity contribution in [3.8, 4) is 0 Å². The van der Waals surface area contributed by atoms with Crippen LogP contribution in [0.5, 0.6) is 0 Å². The molecule has 2 nitrogen and oxygen atoms in total. The van der Waals surface area contributed by atoms with E-state index in [1.807, 2.05) is 4.90 Å². The van der Waals surface area contributed by atoms with Crippen LogP contribution in [0, 0.1) is 0 Å². The summed E-state index contributed by atoms with van der Waals surface area (Å²) in [4.78, 5) is 1.87. The van der Waals surface area contributed by atoms with Gasteiger partial charge in [0.2, 0.25) is 0 Å². The van der Waals surface area contributed by atoms with Crippen molar-refractivity contribution in [1.82, 2.24) is 5.32 Å². The summed E-state index contributed by atoms with van der Waals surface area (Å²) in [6.07, 6.45) is -2.48. The number of nitrogens with one attached hydrogen (secondary N) is 1. The standard InChI is InChI=1S/C15H21F3N2/c1-3-14(4-2)11-20(10-9-19-14)13-8-6-5-7-12(13)15(16,17)18/h5-8,19H,3-4,9-11H2,1-2H3. The Labute approximate surface area is 118 Å². The number of hydrogen-bond acceptors (Lipinski definition) is 2. The van der Waals surface area contributed by atoms with Crippen LogP contribution < -0.4 is 10.2 Å². The number of alkyl halides is 3. The smallest absolute Gasteiger partial charge is 0.368 e. The van der Waals surface area contributed by atoms with Gasteiger partial charge in [-0.2, -0.15) is 13.2 Å². The van der Waals surface area contributed by atoms with Crippen LogP contribution in [-0.2, 0) is 6.18 Å². The molecule has 0 unspecified atom stereocenters. The Morgan fingerprint density at radius 2 is 1.85 bits per heavy atom. The van der Waals surface area contributed by atoms with Crippen molar-refractivity contribution in [2.45, 2.75) is 38.4 Å². The largest absolute Gasteiger partial charge is 0.418 e. The maximum atomic E-state index is 13.1. The quantitative estimate of drug-likeness (QED) is 0.912. The summed E-state index contributed by atoms with van der Waals surface area (Å²) in [6.45, 7) is 6.10. The van der Waals surface area contributed by atoms with Gasteiger partial charge < -0.3 is 10.2 Å². The van der Waals surface area contributed by atoms with Crippen LogP contribution in [0.15, 0.2) is 24.3 Å². The first kappa shape index (κ1) is 15.2. The van der Waals surface area contributed by atoms with Gasteiger partial charge in [0.25, 0.3) is 0 Å². The van der Waals surface area contributed by atoms with Crippen molar-refractivity contribution in [2.75, 3.05) is 24.5 Å². The molecule has 0 aliphatic carbocycles. The van der Waals surface area contributed by atoms with Gasteiger partial charge in [0.1, 0.15) is 0 Å². The molecule has 112 valence electrons. The Morgan fingerprint density at radius 1 is 1.20 bits per heavy atom. The zero-order valence-electron chi connectivity index (χ0n) is 11.9. The molecule has 1 aromatic carbocycles. The summed E-state index contributed by atoms with van der Waals surface area (Å²) in [7, 11) is 0. The van der Waals surface area contributed by atoms with Crippen molar-refractivity contribution >= 4 is 5.69 Å². The third kappa shape index (κ3) is 2.92. The minimum absolute atomic E-state index is 0.0863. The van der Waals surface area contributed by atoms with Gasteiger partial charge in [0, 0.05) is 30.9 Å². The zero-order chi connectivity index (χ0) is 14.8. The van der Waals surface area contributed by atoms with E-state index in [4.69, 9.17) is 0 Å². The van der Waals surface area contributed by atoms with Gasteiger partial charge in [0.15, 0.2) is 0 Å². The summed E-state index contributed by atoms with van der Waals surface area (Å²) >= 11 is 0. The maximum absolute atomic E-state index is 13.1. The fourth-order valence-electron chi connectivity index (χ4n) is 2.87. The molecule has 0 bridgehead atoms. The van der Waals surface area contributed by atoms with E-state index in [1.165, 1.54) is 6.07 Å². The number of halogens is 3. The third-order valence-electron chi connectivity index (χ3n) is 4.28. The van der Waals surface area contributed by atoms with Crippen molar-refractivity contribution in [2.24, 2.45) is 0 Å². The minimum Gasteiger partial charge on any atom is -0.368 e. The van der Waals surface area contributed by atoms with Crippen LogP contribution in [0.4, 0.5) is 18.9 Å². The van der Waals surface area contributed by atoms with Gasteiger partial charge >= 0.3 is 6.18 Å². The highest BCUT2D eigenvalue weighted by Crippen LogP contribution is 2.37. The van der Waals surface area contributed by atoms with E-state index in [1.54, 1.807) is 12.1 Å². The molecule has 2 rings (SSSR count). The van der Waals surface area contributed by atoms with Crippen molar-refractivity contribution in [1.29, 1.82) is 0 Å². The predicted octanol–water partition coefficient (Wildman–Crippen LogP) is 3.67. The van der Waals surface area contributed by atoms with Gasteiger partial charge in [0.05, 0.1) is 5.56 Å². The maximum Gasteiger partial charge on any atom is 0.418 e. The Hall–Kier alpha value is -1.23. The van der Waals surface area contributed by atoms with Gasteiger partial charge in [-0.05, 0) is 25.0 Å². The Morgan fingerprint density at radius 3 is 2.45 bits per heavy atom. The molecule has 1 aromatic rings. The van der Waals surface area contributed by atoms with Crippen LogP contribution in [0.25, 0.3) is 0 Å². The molecule has 0 radical (unpaired) electrons. The van der Waals surface area contributed by atoms with Gasteiger partial charge in [-0.1, -0.05) is 26.0 Å². The van der Waals surface area contributed by atoms with Gasteiger partial charge in [-0.15, -0.1) is 0 Å². The Balaban J connectivity index is 2.32. The molecule has 1 aliphatic rings. The summed E-state index contributed by atoms with van der Waals surface area (Å²) in [5.74, 6) is 0. The highest BCUT2D eigenvalue weighted by Gasteiger charge is 2.37. The normalized spacial score (nSPS) is 19.1. The van der Waals surface area contributed by atoms with Crippen LogP contribution in [0.2, 0.25) is 0 Å². The lowest BCUT2D eigenvalue weighted by atomic mass is 9.89. The third-order valence-corrected chi connectivity index (χ3v) is 4.28. The predicted molar refractivity (Wildman–Crippen MR) is 75.0 cm³/mol. The molecule has 0 saturated carbocycles. The summed E-state index contributed by atoms with van der Waals surface area (Å²) in [5.41, 5.74) is -0.326. The molecule has 1 fully saturated rings. The van der Waals surface area contributed by atoms with Crippen molar-refractivity contribution in [3.05, 3.63) is 29.8 Å². The lowest BCUT2D eigenvalue weighted by Gasteiger charge is -2.44. The number of piperazine rings is 1. The van der Waals surface area contributed by atoms with E-state index >= 15 is 0 Å². The second kappa shape index (κ2) is 5.64. The SMILES string of the molecule is CCC1(CC)CN(c2ccccc2C(F)(F)F)CCN1. The van der Waals surface area contributed by atoms with Gasteiger partial charge in [-0.25, -0.2) is 0 Å². The van der Waals surface area contributed by atoms with Crippen molar-refractivity contribution in [3.63, 3.8) is 0 Å². The zero-order valence-corrected chi connectivity index (χ0v) is 11.9. The molecule has 0 atom stereocenters. The highest BCUT2D eigenvalue weighted by atomic mass is 19.4.